The van der Waals surface area contributed by atoms with Crippen molar-refractivity contribution >= 4 is 0 Å². The third kappa shape index (κ3) is 2.44. The molecule has 0 bridgehead atoms. The van der Waals surface area contributed by atoms with Crippen LogP contribution in [0.2, 0.25) is 0 Å². The van der Waals surface area contributed by atoms with Gasteiger partial charge in [-0.2, -0.15) is 0 Å². The van der Waals surface area contributed by atoms with Gasteiger partial charge in [0.15, 0.2) is 5.79 Å². The summed E-state index contributed by atoms with van der Waals surface area (Å²) in [6.07, 6.45) is 3.58. The fraction of sp³-hybridized carbons (Fsp3) is 1.00. The molecule has 0 spiro atoms. The summed E-state index contributed by atoms with van der Waals surface area (Å²) in [6.45, 7) is 3.74. The summed E-state index contributed by atoms with van der Waals surface area (Å²) >= 11 is 0. The van der Waals surface area contributed by atoms with Gasteiger partial charge in [0, 0.05) is 19.4 Å². The van der Waals surface area contributed by atoms with E-state index in [-0.39, 0.29) is 12.4 Å². The highest BCUT2D eigenvalue weighted by Gasteiger charge is 2.34. The predicted molar refractivity (Wildman–Crippen MR) is 45.9 cm³/mol. The predicted octanol–water partition coefficient (Wildman–Crippen LogP) is 1.30. The van der Waals surface area contributed by atoms with E-state index in [1.807, 2.05) is 0 Å². The molecule has 0 saturated carbocycles. The van der Waals surface area contributed by atoms with Crippen LogP contribution in [0.4, 0.5) is 0 Å². The number of hydrogen-bond acceptors (Lipinski definition) is 3. The van der Waals surface area contributed by atoms with Gasteiger partial charge in [0.1, 0.15) is 0 Å². The molecule has 0 radical (unpaired) electrons. The zero-order valence-electron chi connectivity index (χ0n) is 7.71. The Hall–Kier alpha value is -0.120. The summed E-state index contributed by atoms with van der Waals surface area (Å²) in [6, 6.07) is 0. The van der Waals surface area contributed by atoms with Crippen molar-refractivity contribution < 1.29 is 14.6 Å². The van der Waals surface area contributed by atoms with Crippen molar-refractivity contribution in [2.75, 3.05) is 19.8 Å². The third-order valence-electron chi connectivity index (χ3n) is 2.16. The van der Waals surface area contributed by atoms with Gasteiger partial charge in [-0.25, -0.2) is 0 Å². The van der Waals surface area contributed by atoms with Crippen LogP contribution in [0.25, 0.3) is 0 Å². The molecule has 0 amide bonds. The summed E-state index contributed by atoms with van der Waals surface area (Å²) in [5.41, 5.74) is 0. The zero-order chi connectivity index (χ0) is 8.86. The average molecular weight is 174 g/mol. The quantitative estimate of drug-likeness (QED) is 0.682. The number of ether oxygens (including phenoxy) is 2. The molecule has 1 heterocycles. The van der Waals surface area contributed by atoms with E-state index in [1.54, 1.807) is 0 Å². The largest absolute Gasteiger partial charge is 0.396 e. The highest BCUT2D eigenvalue weighted by Crippen LogP contribution is 2.29. The van der Waals surface area contributed by atoms with Gasteiger partial charge in [0.25, 0.3) is 0 Å². The minimum Gasteiger partial charge on any atom is -0.396 e. The van der Waals surface area contributed by atoms with E-state index in [1.165, 1.54) is 0 Å². The van der Waals surface area contributed by atoms with Crippen molar-refractivity contribution in [2.24, 2.45) is 0 Å². The first-order chi connectivity index (χ1) is 5.83. The van der Waals surface area contributed by atoms with Crippen LogP contribution in [-0.2, 0) is 9.47 Å². The molecule has 0 aromatic rings. The first kappa shape index (κ1) is 9.96. The normalized spacial score (nSPS) is 21.5. The second-order valence-corrected chi connectivity index (χ2v) is 3.18. The molecule has 1 rings (SSSR count). The van der Waals surface area contributed by atoms with Crippen molar-refractivity contribution in [3.05, 3.63) is 0 Å². The number of hydrogen-bond donors (Lipinski definition) is 1. The van der Waals surface area contributed by atoms with Crippen molar-refractivity contribution in [2.45, 2.75) is 38.4 Å². The molecule has 3 heteroatoms. The van der Waals surface area contributed by atoms with E-state index in [4.69, 9.17) is 14.6 Å². The standard InChI is InChI=1S/C9H18O3/c1-2-4-9(5-3-6-10)11-7-8-12-9/h10H,2-8H2,1H3. The summed E-state index contributed by atoms with van der Waals surface area (Å²) in [5, 5.41) is 8.70. The van der Waals surface area contributed by atoms with Crippen LogP contribution in [0, 0.1) is 0 Å². The highest BCUT2D eigenvalue weighted by molar-refractivity contribution is 4.73. The molecular formula is C9H18O3. The van der Waals surface area contributed by atoms with Gasteiger partial charge in [-0.05, 0) is 6.42 Å². The first-order valence-corrected chi connectivity index (χ1v) is 4.72. The summed E-state index contributed by atoms with van der Waals surface area (Å²) in [7, 11) is 0. The lowest BCUT2D eigenvalue weighted by molar-refractivity contribution is -0.168. The summed E-state index contributed by atoms with van der Waals surface area (Å²) in [4.78, 5) is 0. The van der Waals surface area contributed by atoms with E-state index in [2.05, 4.69) is 6.92 Å². The van der Waals surface area contributed by atoms with Crippen molar-refractivity contribution in [1.29, 1.82) is 0 Å². The van der Waals surface area contributed by atoms with Crippen LogP contribution in [0.1, 0.15) is 32.6 Å². The van der Waals surface area contributed by atoms with E-state index in [0.717, 1.165) is 25.7 Å². The van der Waals surface area contributed by atoms with E-state index in [9.17, 15) is 0 Å². The van der Waals surface area contributed by atoms with Gasteiger partial charge in [-0.1, -0.05) is 13.3 Å². The maximum atomic E-state index is 8.70. The van der Waals surface area contributed by atoms with Crippen LogP contribution in [-0.4, -0.2) is 30.7 Å². The Balaban J connectivity index is 2.35. The molecule has 0 unspecified atom stereocenters. The lowest BCUT2D eigenvalue weighted by Gasteiger charge is -2.26. The molecule has 0 atom stereocenters. The highest BCUT2D eigenvalue weighted by atomic mass is 16.7. The monoisotopic (exact) mass is 174 g/mol. The Morgan fingerprint density at radius 1 is 1.25 bits per heavy atom. The number of aliphatic hydroxyl groups is 1. The molecule has 1 N–H and O–H groups in total. The zero-order valence-corrected chi connectivity index (χ0v) is 7.71. The summed E-state index contributed by atoms with van der Waals surface area (Å²) in [5.74, 6) is -0.364. The van der Waals surface area contributed by atoms with E-state index in [0.29, 0.717) is 13.2 Å². The molecule has 1 aliphatic heterocycles. The molecule has 3 nitrogen and oxygen atoms in total. The molecule has 0 aromatic carbocycles. The van der Waals surface area contributed by atoms with Crippen molar-refractivity contribution in [3.63, 3.8) is 0 Å². The van der Waals surface area contributed by atoms with Gasteiger partial charge in [-0.15, -0.1) is 0 Å². The molecule has 72 valence electrons. The topological polar surface area (TPSA) is 38.7 Å². The Bertz CT molecular complexity index is 119. The Morgan fingerprint density at radius 3 is 2.42 bits per heavy atom. The Labute approximate surface area is 73.7 Å². The average Bonchev–Trinajstić information content (AvgIpc) is 2.51. The summed E-state index contributed by atoms with van der Waals surface area (Å²) < 4.78 is 11.1. The Morgan fingerprint density at radius 2 is 1.92 bits per heavy atom. The van der Waals surface area contributed by atoms with Gasteiger partial charge in [0.05, 0.1) is 13.2 Å². The fourth-order valence-electron chi connectivity index (χ4n) is 1.64. The van der Waals surface area contributed by atoms with Crippen LogP contribution in [0.15, 0.2) is 0 Å². The molecule has 1 fully saturated rings. The second kappa shape index (κ2) is 4.80. The molecule has 1 aliphatic rings. The number of rotatable bonds is 5. The third-order valence-corrected chi connectivity index (χ3v) is 2.16. The fourth-order valence-corrected chi connectivity index (χ4v) is 1.64. The maximum Gasteiger partial charge on any atom is 0.168 e. The van der Waals surface area contributed by atoms with E-state index >= 15 is 0 Å². The van der Waals surface area contributed by atoms with Crippen molar-refractivity contribution in [1.82, 2.24) is 0 Å². The first-order valence-electron chi connectivity index (χ1n) is 4.72. The van der Waals surface area contributed by atoms with Gasteiger partial charge >= 0.3 is 0 Å². The van der Waals surface area contributed by atoms with Gasteiger partial charge in [0.2, 0.25) is 0 Å². The second-order valence-electron chi connectivity index (χ2n) is 3.18. The van der Waals surface area contributed by atoms with Gasteiger partial charge < -0.3 is 14.6 Å². The lowest BCUT2D eigenvalue weighted by Crippen LogP contribution is -2.30. The minimum atomic E-state index is -0.364. The smallest absolute Gasteiger partial charge is 0.168 e. The van der Waals surface area contributed by atoms with Crippen LogP contribution in [0.3, 0.4) is 0 Å². The molecule has 0 aliphatic carbocycles. The molecule has 12 heavy (non-hydrogen) atoms. The maximum absolute atomic E-state index is 8.70. The van der Waals surface area contributed by atoms with Crippen LogP contribution >= 0.6 is 0 Å². The Kier molecular flexibility index (Phi) is 3.98. The van der Waals surface area contributed by atoms with Crippen molar-refractivity contribution in [3.8, 4) is 0 Å². The van der Waals surface area contributed by atoms with Gasteiger partial charge in [-0.3, -0.25) is 0 Å². The SMILES string of the molecule is CCCC1(CCCO)OCCO1. The molecule has 0 aromatic heterocycles. The lowest BCUT2D eigenvalue weighted by atomic mass is 10.1. The minimum absolute atomic E-state index is 0.220. The number of aliphatic hydroxyl groups excluding tert-OH is 1. The molecule has 1 saturated heterocycles. The van der Waals surface area contributed by atoms with Crippen LogP contribution < -0.4 is 0 Å². The molecular weight excluding hydrogens is 156 g/mol. The van der Waals surface area contributed by atoms with Crippen LogP contribution in [0.5, 0.6) is 0 Å². The van der Waals surface area contributed by atoms with E-state index < -0.39 is 0 Å².